The van der Waals surface area contributed by atoms with E-state index in [2.05, 4.69) is 4.90 Å². The number of ether oxygens (including phenoxy) is 1. The molecule has 8 heteroatoms. The summed E-state index contributed by atoms with van der Waals surface area (Å²) in [6.07, 6.45) is -5.05. The third kappa shape index (κ3) is 6.06. The number of carbonyl (C=O) groups is 1. The molecule has 0 radical (unpaired) electrons. The number of benzene rings is 3. The van der Waals surface area contributed by atoms with Crippen LogP contribution < -0.4 is 0 Å². The van der Waals surface area contributed by atoms with Gasteiger partial charge in [-0.2, -0.15) is 13.2 Å². The molecule has 0 aliphatic carbocycles. The number of halogens is 3. The summed E-state index contributed by atoms with van der Waals surface area (Å²) >= 11 is 0. The van der Waals surface area contributed by atoms with Crippen LogP contribution in [0.15, 0.2) is 78.9 Å². The highest BCUT2D eigenvalue weighted by molar-refractivity contribution is 5.67. The molecule has 1 aliphatic rings. The first-order valence-corrected chi connectivity index (χ1v) is 11.8. The fourth-order valence-corrected chi connectivity index (χ4v) is 4.11. The molecule has 4 rings (SSSR count). The zero-order valence-electron chi connectivity index (χ0n) is 20.0. The third-order valence-corrected chi connectivity index (χ3v) is 6.53. The Balaban J connectivity index is 1.27. The molecule has 190 valence electrons. The predicted molar refractivity (Wildman–Crippen MR) is 131 cm³/mol. The van der Waals surface area contributed by atoms with Crippen LogP contribution in [-0.4, -0.2) is 53.4 Å². The van der Waals surface area contributed by atoms with Crippen molar-refractivity contribution in [2.45, 2.75) is 31.9 Å². The van der Waals surface area contributed by atoms with Gasteiger partial charge >= 0.3 is 12.3 Å². The van der Waals surface area contributed by atoms with Gasteiger partial charge in [0.2, 0.25) is 0 Å². The van der Waals surface area contributed by atoms with Crippen LogP contribution in [0.3, 0.4) is 0 Å². The van der Waals surface area contributed by atoms with E-state index in [1.165, 1.54) is 12.1 Å². The molecule has 0 spiro atoms. The lowest BCUT2D eigenvalue weighted by molar-refractivity contribution is -0.258. The van der Waals surface area contributed by atoms with Gasteiger partial charge in [-0.05, 0) is 34.7 Å². The first-order chi connectivity index (χ1) is 17.1. The summed E-state index contributed by atoms with van der Waals surface area (Å²) in [6.45, 7) is 4.42. The average Bonchev–Trinajstić information content (AvgIpc) is 2.88. The van der Waals surface area contributed by atoms with Gasteiger partial charge < -0.3 is 14.7 Å². The topological polar surface area (TPSA) is 53.0 Å². The van der Waals surface area contributed by atoms with Crippen LogP contribution in [0.2, 0.25) is 0 Å². The van der Waals surface area contributed by atoms with Crippen LogP contribution >= 0.6 is 0 Å². The van der Waals surface area contributed by atoms with Crippen molar-refractivity contribution in [1.29, 1.82) is 0 Å². The minimum Gasteiger partial charge on any atom is -0.445 e. The second-order valence-electron chi connectivity index (χ2n) is 9.15. The minimum atomic E-state index is -4.75. The van der Waals surface area contributed by atoms with Gasteiger partial charge in [0, 0.05) is 32.7 Å². The lowest BCUT2D eigenvalue weighted by Gasteiger charge is -2.34. The standard InChI is InChI=1S/C28H29F3N2O3/c1-27(35,28(29,30)31)25-13-11-24(12-14-25)23-9-7-21(8-10-23)19-32-15-17-33(18-16-32)26(34)36-20-22-5-3-2-4-6-22/h2-14,35H,15-20H2,1H3. The van der Waals surface area contributed by atoms with Crippen LogP contribution in [0, 0.1) is 0 Å². The number of carbonyl (C=O) groups excluding carboxylic acids is 1. The Labute approximate surface area is 208 Å². The molecule has 1 N–H and O–H groups in total. The van der Waals surface area contributed by atoms with Gasteiger partial charge in [-0.15, -0.1) is 0 Å². The first kappa shape index (κ1) is 25.7. The summed E-state index contributed by atoms with van der Waals surface area (Å²) in [4.78, 5) is 16.3. The summed E-state index contributed by atoms with van der Waals surface area (Å²) in [6, 6.07) is 23.2. The molecule has 0 bridgehead atoms. The molecule has 1 aliphatic heterocycles. The number of piperazine rings is 1. The second kappa shape index (κ2) is 10.7. The summed E-state index contributed by atoms with van der Waals surface area (Å²) in [5.74, 6) is 0. The fraction of sp³-hybridized carbons (Fsp3) is 0.321. The summed E-state index contributed by atoms with van der Waals surface area (Å²) < 4.78 is 44.6. The highest BCUT2D eigenvalue weighted by Crippen LogP contribution is 2.39. The maximum atomic E-state index is 13.1. The second-order valence-corrected chi connectivity index (χ2v) is 9.15. The van der Waals surface area contributed by atoms with Gasteiger partial charge in [-0.3, -0.25) is 4.90 Å². The zero-order valence-corrected chi connectivity index (χ0v) is 20.0. The molecule has 36 heavy (non-hydrogen) atoms. The van der Waals surface area contributed by atoms with Gasteiger partial charge in [0.25, 0.3) is 0 Å². The molecule has 0 saturated carbocycles. The summed E-state index contributed by atoms with van der Waals surface area (Å²) in [5.41, 5.74) is 0.623. The van der Waals surface area contributed by atoms with Gasteiger partial charge in [0.05, 0.1) is 0 Å². The van der Waals surface area contributed by atoms with Gasteiger partial charge in [0.1, 0.15) is 6.61 Å². The SMILES string of the molecule is CC(O)(c1ccc(-c2ccc(CN3CCN(C(=O)OCc4ccccc4)CC3)cc2)cc1)C(F)(F)F. The molecule has 1 fully saturated rings. The van der Waals surface area contributed by atoms with Crippen molar-refractivity contribution in [2.75, 3.05) is 26.2 Å². The number of hydrogen-bond donors (Lipinski definition) is 1. The highest BCUT2D eigenvalue weighted by Gasteiger charge is 2.51. The number of aliphatic hydroxyl groups is 1. The molecular formula is C28H29F3N2O3. The maximum absolute atomic E-state index is 13.1. The maximum Gasteiger partial charge on any atom is 0.421 e. The van der Waals surface area contributed by atoms with E-state index in [4.69, 9.17) is 4.74 Å². The number of hydrogen-bond acceptors (Lipinski definition) is 4. The van der Waals surface area contributed by atoms with Crippen molar-refractivity contribution in [1.82, 2.24) is 9.80 Å². The van der Waals surface area contributed by atoms with E-state index in [-0.39, 0.29) is 18.3 Å². The molecule has 0 aromatic heterocycles. The number of nitrogens with zero attached hydrogens (tertiary/aromatic N) is 2. The Bertz CT molecular complexity index is 1140. The van der Waals surface area contributed by atoms with Crippen molar-refractivity contribution in [3.05, 3.63) is 95.6 Å². The molecule has 1 amide bonds. The van der Waals surface area contributed by atoms with Crippen molar-refractivity contribution >= 4 is 6.09 Å². The van der Waals surface area contributed by atoms with Gasteiger partial charge in [0.15, 0.2) is 5.60 Å². The van der Waals surface area contributed by atoms with E-state index in [0.29, 0.717) is 13.1 Å². The summed E-state index contributed by atoms with van der Waals surface area (Å²) in [5, 5.41) is 9.84. The quantitative estimate of drug-likeness (QED) is 0.482. The van der Waals surface area contributed by atoms with Crippen LogP contribution in [0.4, 0.5) is 18.0 Å². The van der Waals surface area contributed by atoms with Crippen molar-refractivity contribution in [3.63, 3.8) is 0 Å². The van der Waals surface area contributed by atoms with E-state index in [0.717, 1.165) is 48.8 Å². The molecular weight excluding hydrogens is 469 g/mol. The number of alkyl halides is 3. The van der Waals surface area contributed by atoms with Crippen LogP contribution in [0.25, 0.3) is 11.1 Å². The minimum absolute atomic E-state index is 0.196. The Morgan fingerprint density at radius 3 is 1.94 bits per heavy atom. The zero-order chi connectivity index (χ0) is 25.8. The Hall–Kier alpha value is -3.36. The molecule has 5 nitrogen and oxygen atoms in total. The van der Waals surface area contributed by atoms with E-state index in [1.54, 1.807) is 17.0 Å². The lowest BCUT2D eigenvalue weighted by Crippen LogP contribution is -2.48. The van der Waals surface area contributed by atoms with Crippen molar-refractivity contribution in [3.8, 4) is 11.1 Å². The van der Waals surface area contributed by atoms with Crippen LogP contribution in [0.1, 0.15) is 23.6 Å². The number of amides is 1. The third-order valence-electron chi connectivity index (χ3n) is 6.53. The highest BCUT2D eigenvalue weighted by atomic mass is 19.4. The predicted octanol–water partition coefficient (Wildman–Crippen LogP) is 5.58. The Kier molecular flexibility index (Phi) is 7.66. The first-order valence-electron chi connectivity index (χ1n) is 11.8. The smallest absolute Gasteiger partial charge is 0.421 e. The largest absolute Gasteiger partial charge is 0.445 e. The van der Waals surface area contributed by atoms with Crippen molar-refractivity contribution in [2.24, 2.45) is 0 Å². The molecule has 1 heterocycles. The van der Waals surface area contributed by atoms with E-state index < -0.39 is 11.8 Å². The van der Waals surface area contributed by atoms with E-state index in [9.17, 15) is 23.1 Å². The Morgan fingerprint density at radius 2 is 1.39 bits per heavy atom. The fourth-order valence-electron chi connectivity index (χ4n) is 4.11. The monoisotopic (exact) mass is 498 g/mol. The normalized spacial score (nSPS) is 16.4. The number of rotatable bonds is 6. The Morgan fingerprint density at radius 1 is 0.833 bits per heavy atom. The van der Waals surface area contributed by atoms with Crippen LogP contribution in [0.5, 0.6) is 0 Å². The van der Waals surface area contributed by atoms with E-state index >= 15 is 0 Å². The molecule has 1 saturated heterocycles. The molecule has 1 unspecified atom stereocenters. The summed E-state index contributed by atoms with van der Waals surface area (Å²) in [7, 11) is 0. The van der Waals surface area contributed by atoms with Crippen LogP contribution in [-0.2, 0) is 23.5 Å². The molecule has 1 atom stereocenters. The molecule has 3 aromatic carbocycles. The lowest BCUT2D eigenvalue weighted by atomic mass is 9.93. The molecule has 3 aromatic rings. The van der Waals surface area contributed by atoms with E-state index in [1.807, 2.05) is 54.6 Å². The van der Waals surface area contributed by atoms with Gasteiger partial charge in [-0.1, -0.05) is 78.9 Å². The van der Waals surface area contributed by atoms with Crippen molar-refractivity contribution < 1.29 is 27.8 Å². The van der Waals surface area contributed by atoms with Gasteiger partial charge in [-0.25, -0.2) is 4.79 Å². The average molecular weight is 499 g/mol.